The maximum Gasteiger partial charge on any atom is 0.254 e. The Kier molecular flexibility index (Phi) is 4.50. The highest BCUT2D eigenvalue weighted by Gasteiger charge is 2.25. The number of nitrogens with two attached hydrogens (primary N) is 1. The smallest absolute Gasteiger partial charge is 0.254 e. The first-order chi connectivity index (χ1) is 9.86. The van der Waals surface area contributed by atoms with E-state index in [1.807, 2.05) is 4.90 Å². The van der Waals surface area contributed by atoms with Crippen molar-refractivity contribution >= 4 is 17.6 Å². The molecule has 7 nitrogen and oxygen atoms in total. The van der Waals surface area contributed by atoms with Crippen molar-refractivity contribution in [2.45, 2.75) is 20.3 Å². The minimum atomic E-state index is -0.557. The molecule has 2 rings (SSSR count). The van der Waals surface area contributed by atoms with E-state index in [1.54, 1.807) is 13.2 Å². The molecule has 3 N–H and O–H groups in total. The second-order valence-corrected chi connectivity index (χ2v) is 6.03. The largest absolute Gasteiger partial charge is 0.365 e. The van der Waals surface area contributed by atoms with Crippen molar-refractivity contribution < 1.29 is 9.59 Å². The van der Waals surface area contributed by atoms with Crippen LogP contribution in [0.5, 0.6) is 0 Å². The maximum absolute atomic E-state index is 12.3. The Labute approximate surface area is 124 Å². The van der Waals surface area contributed by atoms with Crippen molar-refractivity contribution in [2.24, 2.45) is 24.6 Å². The molecule has 2 heterocycles. The lowest BCUT2D eigenvalue weighted by Crippen LogP contribution is -2.45. The van der Waals surface area contributed by atoms with Gasteiger partial charge in [-0.2, -0.15) is 5.10 Å². The molecule has 0 radical (unpaired) electrons. The van der Waals surface area contributed by atoms with E-state index in [9.17, 15) is 9.59 Å². The van der Waals surface area contributed by atoms with Gasteiger partial charge in [-0.3, -0.25) is 14.3 Å². The SMILES string of the molecule is C[C@@H]1C[C@H](C)CN(C(=O)CNc2nn(C)cc2C(N)=O)C1. The molecule has 2 atom stereocenters. The Morgan fingerprint density at radius 3 is 2.57 bits per heavy atom. The van der Waals surface area contributed by atoms with Gasteiger partial charge in [0.2, 0.25) is 5.91 Å². The molecular formula is C14H23N5O2. The van der Waals surface area contributed by atoms with Gasteiger partial charge in [-0.1, -0.05) is 13.8 Å². The van der Waals surface area contributed by atoms with Crippen LogP contribution >= 0.6 is 0 Å². The van der Waals surface area contributed by atoms with Crippen LogP contribution in [0.4, 0.5) is 5.82 Å². The first kappa shape index (κ1) is 15.3. The Bertz CT molecular complexity index is 529. The third kappa shape index (κ3) is 3.74. The van der Waals surface area contributed by atoms with Crippen LogP contribution < -0.4 is 11.1 Å². The van der Waals surface area contributed by atoms with Gasteiger partial charge in [0, 0.05) is 26.3 Å². The minimum absolute atomic E-state index is 0.0227. The molecule has 0 bridgehead atoms. The molecule has 1 aromatic heterocycles. The van der Waals surface area contributed by atoms with Crippen molar-refractivity contribution in [1.29, 1.82) is 0 Å². The van der Waals surface area contributed by atoms with Crippen LogP contribution in [-0.2, 0) is 11.8 Å². The van der Waals surface area contributed by atoms with Crippen LogP contribution in [0, 0.1) is 11.8 Å². The van der Waals surface area contributed by atoms with Crippen molar-refractivity contribution in [1.82, 2.24) is 14.7 Å². The van der Waals surface area contributed by atoms with Gasteiger partial charge in [0.25, 0.3) is 5.91 Å². The fourth-order valence-electron chi connectivity index (χ4n) is 2.94. The van der Waals surface area contributed by atoms with Gasteiger partial charge >= 0.3 is 0 Å². The summed E-state index contributed by atoms with van der Waals surface area (Å²) in [4.78, 5) is 25.4. The molecule has 1 aliphatic rings. The van der Waals surface area contributed by atoms with Gasteiger partial charge in [0.05, 0.1) is 6.54 Å². The zero-order chi connectivity index (χ0) is 15.6. The molecule has 116 valence electrons. The van der Waals surface area contributed by atoms with Crippen LogP contribution in [0.2, 0.25) is 0 Å². The number of nitrogens with one attached hydrogen (secondary N) is 1. The van der Waals surface area contributed by atoms with E-state index >= 15 is 0 Å². The summed E-state index contributed by atoms with van der Waals surface area (Å²) >= 11 is 0. The number of likely N-dealkylation sites (tertiary alicyclic amines) is 1. The number of anilines is 1. The van der Waals surface area contributed by atoms with E-state index in [1.165, 1.54) is 4.68 Å². The number of hydrogen-bond donors (Lipinski definition) is 2. The Morgan fingerprint density at radius 2 is 2.00 bits per heavy atom. The van der Waals surface area contributed by atoms with Gasteiger partial charge in [0.1, 0.15) is 5.56 Å². The highest BCUT2D eigenvalue weighted by molar-refractivity contribution is 5.97. The zero-order valence-corrected chi connectivity index (χ0v) is 12.8. The predicted molar refractivity (Wildman–Crippen MR) is 79.7 cm³/mol. The van der Waals surface area contributed by atoms with Crippen LogP contribution in [0.15, 0.2) is 6.20 Å². The summed E-state index contributed by atoms with van der Waals surface area (Å²) in [5, 5.41) is 7.03. The number of rotatable bonds is 4. The predicted octanol–water partition coefficient (Wildman–Crippen LogP) is 0.435. The number of carbonyl (C=O) groups excluding carboxylic acids is 2. The lowest BCUT2D eigenvalue weighted by atomic mass is 9.92. The topological polar surface area (TPSA) is 93.2 Å². The number of hydrogen-bond acceptors (Lipinski definition) is 4. The van der Waals surface area contributed by atoms with E-state index in [2.05, 4.69) is 24.3 Å². The summed E-state index contributed by atoms with van der Waals surface area (Å²) < 4.78 is 1.50. The average Bonchev–Trinajstić information content (AvgIpc) is 2.76. The summed E-state index contributed by atoms with van der Waals surface area (Å²) in [5.41, 5.74) is 5.58. The number of primary amides is 1. The molecule has 1 aromatic rings. The lowest BCUT2D eigenvalue weighted by molar-refractivity contribution is -0.131. The second kappa shape index (κ2) is 6.15. The third-order valence-electron chi connectivity index (χ3n) is 3.72. The van der Waals surface area contributed by atoms with E-state index in [0.29, 0.717) is 23.2 Å². The Morgan fingerprint density at radius 1 is 1.38 bits per heavy atom. The van der Waals surface area contributed by atoms with Gasteiger partial charge in [0.15, 0.2) is 5.82 Å². The maximum atomic E-state index is 12.3. The number of aromatic nitrogens is 2. The fraction of sp³-hybridized carbons (Fsp3) is 0.643. The summed E-state index contributed by atoms with van der Waals surface area (Å²) in [5.74, 6) is 0.867. The molecular weight excluding hydrogens is 270 g/mol. The van der Waals surface area contributed by atoms with Crippen molar-refractivity contribution in [3.63, 3.8) is 0 Å². The first-order valence-electron chi connectivity index (χ1n) is 7.22. The molecule has 21 heavy (non-hydrogen) atoms. The minimum Gasteiger partial charge on any atom is -0.365 e. The lowest BCUT2D eigenvalue weighted by Gasteiger charge is -2.35. The molecule has 7 heteroatoms. The second-order valence-electron chi connectivity index (χ2n) is 6.03. The Balaban J connectivity index is 1.96. The molecule has 0 saturated carbocycles. The van der Waals surface area contributed by atoms with Crippen LogP contribution in [0.1, 0.15) is 30.6 Å². The van der Waals surface area contributed by atoms with Crippen molar-refractivity contribution in [3.8, 4) is 0 Å². The molecule has 2 amide bonds. The summed E-state index contributed by atoms with van der Waals surface area (Å²) in [6, 6.07) is 0. The van der Waals surface area contributed by atoms with E-state index in [0.717, 1.165) is 19.5 Å². The van der Waals surface area contributed by atoms with Crippen LogP contribution in [0.3, 0.4) is 0 Å². The molecule has 0 aromatic carbocycles. The normalized spacial score (nSPS) is 22.1. The number of piperidine rings is 1. The monoisotopic (exact) mass is 293 g/mol. The quantitative estimate of drug-likeness (QED) is 0.842. The van der Waals surface area contributed by atoms with Gasteiger partial charge < -0.3 is 16.0 Å². The molecule has 1 saturated heterocycles. The van der Waals surface area contributed by atoms with Crippen molar-refractivity contribution in [2.75, 3.05) is 25.0 Å². The summed E-state index contributed by atoms with van der Waals surface area (Å²) in [6.07, 6.45) is 2.70. The summed E-state index contributed by atoms with van der Waals surface area (Å²) in [7, 11) is 1.70. The number of aryl methyl sites for hydroxylation is 1. The molecule has 0 aliphatic carbocycles. The Hall–Kier alpha value is -2.05. The summed E-state index contributed by atoms with van der Waals surface area (Å²) in [6.45, 7) is 6.02. The zero-order valence-electron chi connectivity index (χ0n) is 12.8. The van der Waals surface area contributed by atoms with Gasteiger partial charge in [-0.15, -0.1) is 0 Å². The molecule has 0 unspecified atom stereocenters. The van der Waals surface area contributed by atoms with Gasteiger partial charge in [-0.25, -0.2) is 0 Å². The fourth-order valence-corrected chi connectivity index (χ4v) is 2.94. The standard InChI is InChI=1S/C14H23N5O2/c1-9-4-10(2)7-19(6-9)12(20)5-16-14-11(13(15)21)8-18(3)17-14/h8-10H,4-7H2,1-3H3,(H2,15,21)(H,16,17)/t9-,10+. The van der Waals surface area contributed by atoms with Crippen LogP contribution in [-0.4, -0.2) is 46.1 Å². The van der Waals surface area contributed by atoms with Gasteiger partial charge in [-0.05, 0) is 18.3 Å². The van der Waals surface area contributed by atoms with E-state index < -0.39 is 5.91 Å². The highest BCUT2D eigenvalue weighted by Crippen LogP contribution is 2.21. The van der Waals surface area contributed by atoms with Crippen molar-refractivity contribution in [3.05, 3.63) is 11.8 Å². The molecule has 1 aliphatic heterocycles. The number of amides is 2. The number of nitrogens with zero attached hydrogens (tertiary/aromatic N) is 3. The average molecular weight is 293 g/mol. The molecule has 0 spiro atoms. The van der Waals surface area contributed by atoms with Crippen LogP contribution in [0.25, 0.3) is 0 Å². The first-order valence-corrected chi connectivity index (χ1v) is 7.22. The third-order valence-corrected chi connectivity index (χ3v) is 3.72. The van der Waals surface area contributed by atoms with E-state index in [4.69, 9.17) is 5.73 Å². The number of carbonyl (C=O) groups is 2. The highest BCUT2D eigenvalue weighted by atomic mass is 16.2. The van der Waals surface area contributed by atoms with E-state index in [-0.39, 0.29) is 12.5 Å². The molecule has 1 fully saturated rings.